The average molecular weight is 257 g/mol. The van der Waals surface area contributed by atoms with E-state index < -0.39 is 28.3 Å². The molecule has 8 heteroatoms. The third-order valence-corrected chi connectivity index (χ3v) is 2.35. The molecule has 0 bridgehead atoms. The molecular formula is C10H12FN3O4. The van der Waals surface area contributed by atoms with E-state index in [9.17, 15) is 19.3 Å². The Morgan fingerprint density at radius 2 is 2.33 bits per heavy atom. The number of hydrogen-bond acceptors (Lipinski definition) is 5. The minimum Gasteiger partial charge on any atom is -0.481 e. The number of carboxylic acid groups (broad SMARTS) is 1. The van der Waals surface area contributed by atoms with E-state index in [1.807, 2.05) is 0 Å². The van der Waals surface area contributed by atoms with Gasteiger partial charge in [0.1, 0.15) is 6.20 Å². The standard InChI is InChI=1S/C10H12FN3O4/c1-6(10(15)16)5-13(2)9-8(11)3-7(4-12-9)14(17)18/h3-4,6H,5H2,1-2H3,(H,15,16). The molecule has 1 rings (SSSR count). The van der Waals surface area contributed by atoms with E-state index in [0.717, 1.165) is 12.3 Å². The Morgan fingerprint density at radius 3 is 2.78 bits per heavy atom. The van der Waals surface area contributed by atoms with Crippen LogP contribution in [0.25, 0.3) is 0 Å². The molecule has 1 unspecified atom stereocenters. The summed E-state index contributed by atoms with van der Waals surface area (Å²) in [6.45, 7) is 1.53. The van der Waals surface area contributed by atoms with Gasteiger partial charge in [0.2, 0.25) is 0 Å². The quantitative estimate of drug-likeness (QED) is 0.630. The van der Waals surface area contributed by atoms with Gasteiger partial charge in [-0.25, -0.2) is 9.37 Å². The fraction of sp³-hybridized carbons (Fsp3) is 0.400. The monoisotopic (exact) mass is 257 g/mol. The maximum absolute atomic E-state index is 13.6. The van der Waals surface area contributed by atoms with Gasteiger partial charge in [-0.3, -0.25) is 14.9 Å². The molecule has 0 spiro atoms. The number of anilines is 1. The topological polar surface area (TPSA) is 96.6 Å². The molecular weight excluding hydrogens is 245 g/mol. The Morgan fingerprint density at radius 1 is 1.72 bits per heavy atom. The molecule has 0 radical (unpaired) electrons. The summed E-state index contributed by atoms with van der Waals surface area (Å²) >= 11 is 0. The van der Waals surface area contributed by atoms with Crippen LogP contribution in [0, 0.1) is 21.8 Å². The minimum absolute atomic E-state index is 0.0526. The zero-order chi connectivity index (χ0) is 13.9. The lowest BCUT2D eigenvalue weighted by molar-refractivity contribution is -0.385. The van der Waals surface area contributed by atoms with Crippen molar-refractivity contribution >= 4 is 17.5 Å². The number of rotatable bonds is 5. The summed E-state index contributed by atoms with van der Waals surface area (Å²) in [6, 6.07) is 0.754. The Kier molecular flexibility index (Phi) is 4.13. The lowest BCUT2D eigenvalue weighted by Gasteiger charge is -2.20. The predicted molar refractivity (Wildman–Crippen MR) is 60.9 cm³/mol. The second kappa shape index (κ2) is 5.39. The Labute approximate surface area is 102 Å². The van der Waals surface area contributed by atoms with Crippen LogP contribution in [0.5, 0.6) is 0 Å². The predicted octanol–water partition coefficient (Wildman–Crippen LogP) is 1.29. The van der Waals surface area contributed by atoms with Crippen LogP contribution in [-0.2, 0) is 4.79 Å². The van der Waals surface area contributed by atoms with Gasteiger partial charge < -0.3 is 10.0 Å². The largest absolute Gasteiger partial charge is 0.481 e. The highest BCUT2D eigenvalue weighted by Gasteiger charge is 2.19. The fourth-order valence-corrected chi connectivity index (χ4v) is 1.38. The SMILES string of the molecule is CC(CN(C)c1ncc([N+](=O)[O-])cc1F)C(=O)O. The van der Waals surface area contributed by atoms with Crippen molar-refractivity contribution in [3.8, 4) is 0 Å². The van der Waals surface area contributed by atoms with Crippen LogP contribution in [-0.4, -0.2) is 34.6 Å². The van der Waals surface area contributed by atoms with Crippen molar-refractivity contribution in [1.82, 2.24) is 4.98 Å². The van der Waals surface area contributed by atoms with Gasteiger partial charge >= 0.3 is 5.97 Å². The van der Waals surface area contributed by atoms with Gasteiger partial charge in [0.15, 0.2) is 11.6 Å². The Balaban J connectivity index is 2.90. The second-order valence-corrected chi connectivity index (χ2v) is 3.88. The highest BCUT2D eigenvalue weighted by atomic mass is 19.1. The van der Waals surface area contributed by atoms with Crippen LogP contribution in [0.3, 0.4) is 0 Å². The van der Waals surface area contributed by atoms with Crippen LogP contribution >= 0.6 is 0 Å². The molecule has 0 saturated heterocycles. The molecule has 7 nitrogen and oxygen atoms in total. The Bertz CT molecular complexity index is 480. The van der Waals surface area contributed by atoms with E-state index in [1.54, 1.807) is 0 Å². The first-order valence-electron chi connectivity index (χ1n) is 5.06. The number of hydrogen-bond donors (Lipinski definition) is 1. The molecule has 1 aromatic rings. The van der Waals surface area contributed by atoms with E-state index in [1.165, 1.54) is 18.9 Å². The van der Waals surface area contributed by atoms with Gasteiger partial charge in [-0.2, -0.15) is 0 Å². The zero-order valence-corrected chi connectivity index (χ0v) is 9.83. The molecule has 1 aromatic heterocycles. The molecule has 1 atom stereocenters. The number of carboxylic acids is 1. The van der Waals surface area contributed by atoms with Gasteiger partial charge in [0.05, 0.1) is 16.9 Å². The van der Waals surface area contributed by atoms with Crippen molar-refractivity contribution in [3.05, 3.63) is 28.2 Å². The molecule has 0 aliphatic rings. The van der Waals surface area contributed by atoms with Crippen LogP contribution in [0.2, 0.25) is 0 Å². The summed E-state index contributed by atoms with van der Waals surface area (Å²) in [5.41, 5.74) is -0.448. The summed E-state index contributed by atoms with van der Waals surface area (Å²) in [5.74, 6) is -2.69. The molecule has 0 aromatic carbocycles. The summed E-state index contributed by atoms with van der Waals surface area (Å²) in [7, 11) is 1.47. The van der Waals surface area contributed by atoms with E-state index in [2.05, 4.69) is 4.98 Å². The number of nitrogens with zero attached hydrogens (tertiary/aromatic N) is 3. The summed E-state index contributed by atoms with van der Waals surface area (Å²) in [4.78, 5) is 25.3. The van der Waals surface area contributed by atoms with Crippen LogP contribution in [0.15, 0.2) is 12.3 Å². The summed E-state index contributed by atoms with van der Waals surface area (Å²) < 4.78 is 13.6. The molecule has 1 heterocycles. The number of aliphatic carboxylic acids is 1. The molecule has 0 amide bonds. The third-order valence-electron chi connectivity index (χ3n) is 2.35. The lowest BCUT2D eigenvalue weighted by Crippen LogP contribution is -2.29. The first kappa shape index (κ1) is 13.8. The Hall–Kier alpha value is -2.25. The maximum atomic E-state index is 13.6. The zero-order valence-electron chi connectivity index (χ0n) is 9.83. The fourth-order valence-electron chi connectivity index (χ4n) is 1.38. The van der Waals surface area contributed by atoms with Gasteiger partial charge in [0, 0.05) is 13.6 Å². The average Bonchev–Trinajstić information content (AvgIpc) is 2.28. The lowest BCUT2D eigenvalue weighted by atomic mass is 10.2. The van der Waals surface area contributed by atoms with Crippen LogP contribution in [0.1, 0.15) is 6.92 Å². The van der Waals surface area contributed by atoms with Crippen molar-refractivity contribution in [3.63, 3.8) is 0 Å². The smallest absolute Gasteiger partial charge is 0.308 e. The van der Waals surface area contributed by atoms with Crippen molar-refractivity contribution in [2.45, 2.75) is 6.92 Å². The third kappa shape index (κ3) is 3.12. The van der Waals surface area contributed by atoms with E-state index in [4.69, 9.17) is 5.11 Å². The second-order valence-electron chi connectivity index (χ2n) is 3.88. The summed E-state index contributed by atoms with van der Waals surface area (Å²) in [6.07, 6.45) is 0.931. The van der Waals surface area contributed by atoms with Crippen LogP contribution < -0.4 is 4.90 Å². The number of carbonyl (C=O) groups is 1. The van der Waals surface area contributed by atoms with Crippen LogP contribution in [0.4, 0.5) is 15.9 Å². The van der Waals surface area contributed by atoms with Gasteiger partial charge in [-0.1, -0.05) is 6.92 Å². The van der Waals surface area contributed by atoms with Gasteiger partial charge in [-0.05, 0) is 0 Å². The number of pyridine rings is 1. The van der Waals surface area contributed by atoms with Gasteiger partial charge in [0.25, 0.3) is 5.69 Å². The number of halogens is 1. The first-order chi connectivity index (χ1) is 8.32. The molecule has 0 fully saturated rings. The number of nitro groups is 1. The minimum atomic E-state index is -1.01. The van der Waals surface area contributed by atoms with Crippen molar-refractivity contribution in [2.75, 3.05) is 18.5 Å². The molecule has 18 heavy (non-hydrogen) atoms. The van der Waals surface area contributed by atoms with Gasteiger partial charge in [-0.15, -0.1) is 0 Å². The molecule has 0 saturated carbocycles. The molecule has 1 N–H and O–H groups in total. The normalized spacial score (nSPS) is 11.9. The summed E-state index contributed by atoms with van der Waals surface area (Å²) in [5, 5.41) is 19.1. The van der Waals surface area contributed by atoms with E-state index >= 15 is 0 Å². The number of aromatic nitrogens is 1. The maximum Gasteiger partial charge on any atom is 0.308 e. The molecule has 0 aliphatic carbocycles. The van der Waals surface area contributed by atoms with Crippen molar-refractivity contribution < 1.29 is 19.2 Å². The first-order valence-corrected chi connectivity index (χ1v) is 5.06. The highest BCUT2D eigenvalue weighted by Crippen LogP contribution is 2.20. The van der Waals surface area contributed by atoms with E-state index in [0.29, 0.717) is 0 Å². The molecule has 98 valence electrons. The van der Waals surface area contributed by atoms with E-state index in [-0.39, 0.29) is 12.4 Å². The molecule has 0 aliphatic heterocycles. The highest BCUT2D eigenvalue weighted by molar-refractivity contribution is 5.70. The van der Waals surface area contributed by atoms with Crippen molar-refractivity contribution in [2.24, 2.45) is 5.92 Å². The van der Waals surface area contributed by atoms with Crippen molar-refractivity contribution in [1.29, 1.82) is 0 Å².